The number of hydrogen-bond donors (Lipinski definition) is 1. The van der Waals surface area contributed by atoms with Gasteiger partial charge in [0.05, 0.1) is 29.2 Å². The molecule has 1 aromatic heterocycles. The van der Waals surface area contributed by atoms with Gasteiger partial charge in [0.1, 0.15) is 11.3 Å². The SMILES string of the molecule is COc1cccc2c1ccc1nc3cccc(C(N)=O)c3nc12. The van der Waals surface area contributed by atoms with Crippen molar-refractivity contribution in [3.05, 3.63) is 54.1 Å². The highest BCUT2D eigenvalue weighted by molar-refractivity contribution is 6.10. The second-order valence-corrected chi connectivity index (χ2v) is 5.25. The maximum Gasteiger partial charge on any atom is 0.250 e. The molecule has 0 aliphatic rings. The maximum absolute atomic E-state index is 11.6. The number of para-hydroxylation sites is 1. The Labute approximate surface area is 131 Å². The van der Waals surface area contributed by atoms with Crippen molar-refractivity contribution in [2.75, 3.05) is 7.11 Å². The van der Waals surface area contributed by atoms with Gasteiger partial charge in [-0.25, -0.2) is 9.97 Å². The molecule has 0 fully saturated rings. The van der Waals surface area contributed by atoms with Gasteiger partial charge in [-0.3, -0.25) is 4.79 Å². The maximum atomic E-state index is 11.6. The van der Waals surface area contributed by atoms with Crippen molar-refractivity contribution in [1.29, 1.82) is 0 Å². The molecule has 0 unspecified atom stereocenters. The number of carbonyl (C=O) groups excluding carboxylic acids is 1. The monoisotopic (exact) mass is 303 g/mol. The number of fused-ring (bicyclic) bond motifs is 4. The van der Waals surface area contributed by atoms with E-state index in [1.807, 2.05) is 36.4 Å². The average Bonchev–Trinajstić information content (AvgIpc) is 2.58. The molecule has 0 aliphatic heterocycles. The van der Waals surface area contributed by atoms with Gasteiger partial charge in [-0.1, -0.05) is 18.2 Å². The zero-order valence-corrected chi connectivity index (χ0v) is 12.4. The van der Waals surface area contributed by atoms with Gasteiger partial charge < -0.3 is 10.5 Å². The van der Waals surface area contributed by atoms with Crippen LogP contribution in [0, 0.1) is 0 Å². The van der Waals surface area contributed by atoms with Gasteiger partial charge in [-0.15, -0.1) is 0 Å². The molecule has 0 saturated carbocycles. The minimum absolute atomic E-state index is 0.372. The summed E-state index contributed by atoms with van der Waals surface area (Å²) in [6.45, 7) is 0. The van der Waals surface area contributed by atoms with Gasteiger partial charge in [-0.05, 0) is 30.3 Å². The molecule has 0 aliphatic carbocycles. The quantitative estimate of drug-likeness (QED) is 0.456. The van der Waals surface area contributed by atoms with Crippen LogP contribution in [0.2, 0.25) is 0 Å². The van der Waals surface area contributed by atoms with Crippen LogP contribution >= 0.6 is 0 Å². The second kappa shape index (κ2) is 4.91. The molecule has 3 aromatic carbocycles. The Hall–Kier alpha value is -3.21. The molecule has 0 atom stereocenters. The Morgan fingerprint density at radius 2 is 1.70 bits per heavy atom. The van der Waals surface area contributed by atoms with Gasteiger partial charge >= 0.3 is 0 Å². The van der Waals surface area contributed by atoms with E-state index in [0.29, 0.717) is 16.6 Å². The smallest absolute Gasteiger partial charge is 0.250 e. The predicted molar refractivity (Wildman–Crippen MR) is 89.6 cm³/mol. The Morgan fingerprint density at radius 1 is 0.913 bits per heavy atom. The molecule has 1 heterocycles. The third kappa shape index (κ3) is 1.97. The third-order valence-corrected chi connectivity index (χ3v) is 3.94. The molecule has 4 rings (SSSR count). The van der Waals surface area contributed by atoms with E-state index in [9.17, 15) is 4.79 Å². The van der Waals surface area contributed by atoms with Crippen LogP contribution in [0.1, 0.15) is 10.4 Å². The molecule has 5 nitrogen and oxygen atoms in total. The minimum atomic E-state index is -0.512. The first-order valence-corrected chi connectivity index (χ1v) is 7.15. The van der Waals surface area contributed by atoms with E-state index in [0.717, 1.165) is 27.6 Å². The highest BCUT2D eigenvalue weighted by atomic mass is 16.5. The fourth-order valence-electron chi connectivity index (χ4n) is 2.87. The van der Waals surface area contributed by atoms with Crippen LogP contribution in [0.4, 0.5) is 0 Å². The molecule has 0 saturated heterocycles. The number of methoxy groups -OCH3 is 1. The number of primary amides is 1. The molecular formula is C18H13N3O2. The normalized spacial score (nSPS) is 11.2. The van der Waals surface area contributed by atoms with Crippen LogP contribution in [-0.4, -0.2) is 23.0 Å². The highest BCUT2D eigenvalue weighted by Crippen LogP contribution is 2.31. The van der Waals surface area contributed by atoms with Crippen LogP contribution in [0.3, 0.4) is 0 Å². The molecular weight excluding hydrogens is 290 g/mol. The van der Waals surface area contributed by atoms with Gasteiger partial charge in [0.25, 0.3) is 5.91 Å². The van der Waals surface area contributed by atoms with E-state index in [-0.39, 0.29) is 0 Å². The molecule has 0 radical (unpaired) electrons. The summed E-state index contributed by atoms with van der Waals surface area (Å²) in [6.07, 6.45) is 0. The molecule has 4 aromatic rings. The lowest BCUT2D eigenvalue weighted by Crippen LogP contribution is -2.12. The van der Waals surface area contributed by atoms with Crippen molar-refractivity contribution < 1.29 is 9.53 Å². The minimum Gasteiger partial charge on any atom is -0.496 e. The third-order valence-electron chi connectivity index (χ3n) is 3.94. The second-order valence-electron chi connectivity index (χ2n) is 5.25. The standard InChI is InChI=1S/C18H13N3O2/c1-23-15-7-3-4-11-10(15)8-9-14-16(11)21-17-12(18(19)22)5-2-6-13(17)20-14/h2-9H,1H3,(H2,19,22). The van der Waals surface area contributed by atoms with Crippen molar-refractivity contribution in [3.63, 3.8) is 0 Å². The molecule has 5 heteroatoms. The summed E-state index contributed by atoms with van der Waals surface area (Å²) in [5, 5.41) is 1.88. The first-order chi connectivity index (χ1) is 11.2. The zero-order valence-electron chi connectivity index (χ0n) is 12.4. The van der Waals surface area contributed by atoms with Gasteiger partial charge in [0.15, 0.2) is 0 Å². The van der Waals surface area contributed by atoms with Crippen molar-refractivity contribution in [1.82, 2.24) is 9.97 Å². The Bertz CT molecular complexity index is 1090. The van der Waals surface area contributed by atoms with Crippen molar-refractivity contribution in [2.45, 2.75) is 0 Å². The number of carbonyl (C=O) groups is 1. The van der Waals surface area contributed by atoms with Crippen LogP contribution in [0.25, 0.3) is 32.8 Å². The number of ether oxygens (including phenoxy) is 1. The summed E-state index contributed by atoms with van der Waals surface area (Å²) >= 11 is 0. The Morgan fingerprint density at radius 3 is 2.48 bits per heavy atom. The largest absolute Gasteiger partial charge is 0.496 e. The number of benzene rings is 3. The fraction of sp³-hybridized carbons (Fsp3) is 0.0556. The predicted octanol–water partition coefficient (Wildman–Crippen LogP) is 3.04. The topological polar surface area (TPSA) is 78.1 Å². The van der Waals surface area contributed by atoms with E-state index in [1.165, 1.54) is 0 Å². The summed E-state index contributed by atoms with van der Waals surface area (Å²) in [7, 11) is 1.64. The molecule has 0 spiro atoms. The first kappa shape index (κ1) is 13.5. The van der Waals surface area contributed by atoms with E-state index in [2.05, 4.69) is 9.97 Å². The van der Waals surface area contributed by atoms with Crippen LogP contribution in [0.5, 0.6) is 5.75 Å². The fourth-order valence-corrected chi connectivity index (χ4v) is 2.87. The van der Waals surface area contributed by atoms with Gasteiger partial charge in [-0.2, -0.15) is 0 Å². The van der Waals surface area contributed by atoms with Crippen molar-refractivity contribution in [2.24, 2.45) is 5.73 Å². The highest BCUT2D eigenvalue weighted by Gasteiger charge is 2.12. The van der Waals surface area contributed by atoms with Gasteiger partial charge in [0, 0.05) is 10.8 Å². The molecule has 0 bridgehead atoms. The summed E-state index contributed by atoms with van der Waals surface area (Å²) in [4.78, 5) is 20.9. The van der Waals surface area contributed by atoms with Crippen molar-refractivity contribution >= 4 is 38.7 Å². The number of aromatic nitrogens is 2. The number of amides is 1. The van der Waals surface area contributed by atoms with Crippen LogP contribution in [-0.2, 0) is 0 Å². The molecule has 23 heavy (non-hydrogen) atoms. The van der Waals surface area contributed by atoms with Crippen molar-refractivity contribution in [3.8, 4) is 5.75 Å². The number of rotatable bonds is 2. The van der Waals surface area contributed by atoms with Crippen LogP contribution in [0.15, 0.2) is 48.5 Å². The van der Waals surface area contributed by atoms with E-state index in [1.54, 1.807) is 19.2 Å². The van der Waals surface area contributed by atoms with Gasteiger partial charge in [0.2, 0.25) is 0 Å². The van der Waals surface area contributed by atoms with E-state index in [4.69, 9.17) is 10.5 Å². The number of hydrogen-bond acceptors (Lipinski definition) is 4. The average molecular weight is 303 g/mol. The molecule has 112 valence electrons. The zero-order chi connectivity index (χ0) is 16.0. The van der Waals surface area contributed by atoms with Crippen LogP contribution < -0.4 is 10.5 Å². The van der Waals surface area contributed by atoms with E-state index >= 15 is 0 Å². The summed E-state index contributed by atoms with van der Waals surface area (Å²) < 4.78 is 5.40. The lowest BCUT2D eigenvalue weighted by molar-refractivity contribution is 0.100. The molecule has 1 amide bonds. The lowest BCUT2D eigenvalue weighted by atomic mass is 10.1. The Balaban J connectivity index is 2.19. The van der Waals surface area contributed by atoms with E-state index < -0.39 is 5.91 Å². The first-order valence-electron chi connectivity index (χ1n) is 7.15. The summed E-state index contributed by atoms with van der Waals surface area (Å²) in [6, 6.07) is 14.9. The lowest BCUT2D eigenvalue weighted by Gasteiger charge is -2.09. The summed E-state index contributed by atoms with van der Waals surface area (Å²) in [5.74, 6) is 0.261. The summed E-state index contributed by atoms with van der Waals surface area (Å²) in [5.41, 5.74) is 8.48. The molecule has 2 N–H and O–H groups in total. The number of nitrogens with zero attached hydrogens (tertiary/aromatic N) is 2. The number of nitrogens with two attached hydrogens (primary N) is 1. The Kier molecular flexibility index (Phi) is 2.87.